The zero-order valence-electron chi connectivity index (χ0n) is 15.4. The molecule has 0 N–H and O–H groups in total. The Morgan fingerprint density at radius 1 is 1.08 bits per heavy atom. The van der Waals surface area contributed by atoms with Crippen LogP contribution >= 0.6 is 0 Å². The molecule has 0 radical (unpaired) electrons. The Hall–Kier alpha value is -2.77. The van der Waals surface area contributed by atoms with Crippen molar-refractivity contribution in [3.05, 3.63) is 36.3 Å². The molecule has 8 heteroatoms. The van der Waals surface area contributed by atoms with Crippen molar-refractivity contribution in [2.75, 3.05) is 49.6 Å². The lowest BCUT2D eigenvalue weighted by Crippen LogP contribution is -2.47. The minimum absolute atomic E-state index is 0.0801. The molecule has 0 spiro atoms. The second-order valence-corrected chi connectivity index (χ2v) is 6.38. The summed E-state index contributed by atoms with van der Waals surface area (Å²) in [6.45, 7) is 6.13. The number of nitrogens with zero attached hydrogens (tertiary/aromatic N) is 7. The summed E-state index contributed by atoms with van der Waals surface area (Å²) in [6.07, 6.45) is 5.56. The van der Waals surface area contributed by atoms with Gasteiger partial charge in [0.15, 0.2) is 11.5 Å². The van der Waals surface area contributed by atoms with E-state index in [-0.39, 0.29) is 5.91 Å². The lowest BCUT2D eigenvalue weighted by molar-refractivity contribution is 0.0786. The predicted molar refractivity (Wildman–Crippen MR) is 100 cm³/mol. The van der Waals surface area contributed by atoms with Gasteiger partial charge >= 0.3 is 0 Å². The molecule has 1 aliphatic rings. The Morgan fingerprint density at radius 3 is 2.38 bits per heavy atom. The summed E-state index contributed by atoms with van der Waals surface area (Å²) in [6, 6.07) is 5.46. The highest BCUT2D eigenvalue weighted by atomic mass is 16.2. The number of anilines is 2. The molecule has 0 saturated carbocycles. The topological polar surface area (TPSA) is 78.4 Å². The van der Waals surface area contributed by atoms with Crippen LogP contribution in [0.25, 0.3) is 0 Å². The Kier molecular flexibility index (Phi) is 5.93. The van der Waals surface area contributed by atoms with Crippen molar-refractivity contribution >= 4 is 17.7 Å². The minimum atomic E-state index is -0.0801. The predicted octanol–water partition coefficient (Wildman–Crippen LogP) is 1.47. The van der Waals surface area contributed by atoms with Crippen LogP contribution in [-0.2, 0) is 0 Å². The van der Waals surface area contributed by atoms with E-state index in [1.165, 1.54) is 0 Å². The van der Waals surface area contributed by atoms with E-state index in [1.54, 1.807) is 30.4 Å². The van der Waals surface area contributed by atoms with Crippen LogP contribution < -0.4 is 9.80 Å². The smallest absolute Gasteiger partial charge is 0.274 e. The fraction of sp³-hybridized carbons (Fsp3) is 0.500. The van der Waals surface area contributed by atoms with E-state index in [1.807, 2.05) is 12.1 Å². The van der Waals surface area contributed by atoms with Gasteiger partial charge < -0.3 is 14.7 Å². The Morgan fingerprint density at radius 2 is 1.77 bits per heavy atom. The van der Waals surface area contributed by atoms with Crippen LogP contribution in [0.5, 0.6) is 0 Å². The first kappa shape index (κ1) is 18.0. The summed E-state index contributed by atoms with van der Waals surface area (Å²) in [5, 5.41) is 8.40. The minimum Gasteiger partial charge on any atom is -0.352 e. The van der Waals surface area contributed by atoms with Crippen LogP contribution in [-0.4, -0.2) is 70.7 Å². The van der Waals surface area contributed by atoms with Crippen molar-refractivity contribution < 1.29 is 4.79 Å². The van der Waals surface area contributed by atoms with Gasteiger partial charge in [0.2, 0.25) is 5.95 Å². The number of carbonyl (C=O) groups excluding carboxylic acids is 1. The number of carbonyl (C=O) groups is 1. The van der Waals surface area contributed by atoms with E-state index < -0.39 is 0 Å². The highest BCUT2D eigenvalue weighted by Crippen LogP contribution is 2.15. The van der Waals surface area contributed by atoms with Gasteiger partial charge in [-0.05, 0) is 24.6 Å². The monoisotopic (exact) mass is 355 g/mol. The van der Waals surface area contributed by atoms with Gasteiger partial charge in [0, 0.05) is 52.2 Å². The van der Waals surface area contributed by atoms with Crippen LogP contribution in [0, 0.1) is 0 Å². The third-order valence-corrected chi connectivity index (χ3v) is 4.50. The zero-order valence-corrected chi connectivity index (χ0v) is 15.4. The van der Waals surface area contributed by atoms with Crippen molar-refractivity contribution in [1.82, 2.24) is 25.1 Å². The summed E-state index contributed by atoms with van der Waals surface area (Å²) in [7, 11) is 1.80. The molecule has 3 rings (SSSR count). The largest absolute Gasteiger partial charge is 0.352 e. The fourth-order valence-corrected chi connectivity index (χ4v) is 2.89. The third kappa shape index (κ3) is 4.25. The second kappa shape index (κ2) is 8.55. The Labute approximate surface area is 153 Å². The first-order chi connectivity index (χ1) is 12.7. The fourth-order valence-electron chi connectivity index (χ4n) is 2.89. The van der Waals surface area contributed by atoms with Crippen molar-refractivity contribution in [2.24, 2.45) is 0 Å². The average molecular weight is 355 g/mol. The number of hydrogen-bond donors (Lipinski definition) is 0. The molecule has 1 amide bonds. The summed E-state index contributed by atoms with van der Waals surface area (Å²) < 4.78 is 0. The van der Waals surface area contributed by atoms with Crippen molar-refractivity contribution in [3.63, 3.8) is 0 Å². The molecule has 0 aliphatic carbocycles. The average Bonchev–Trinajstić information content (AvgIpc) is 2.72. The van der Waals surface area contributed by atoms with Crippen LogP contribution in [0.15, 0.2) is 30.6 Å². The molecule has 0 bridgehead atoms. The lowest BCUT2D eigenvalue weighted by Gasteiger charge is -2.35. The van der Waals surface area contributed by atoms with Gasteiger partial charge in [0.1, 0.15) is 0 Å². The number of piperazine rings is 1. The van der Waals surface area contributed by atoms with Gasteiger partial charge in [0.25, 0.3) is 5.91 Å². The van der Waals surface area contributed by atoms with E-state index in [2.05, 4.69) is 36.9 Å². The van der Waals surface area contributed by atoms with E-state index in [4.69, 9.17) is 0 Å². The molecule has 0 unspecified atom stereocenters. The van der Waals surface area contributed by atoms with E-state index in [0.717, 1.165) is 57.3 Å². The molecule has 26 heavy (non-hydrogen) atoms. The van der Waals surface area contributed by atoms with E-state index >= 15 is 0 Å². The van der Waals surface area contributed by atoms with Gasteiger partial charge in [-0.1, -0.05) is 13.3 Å². The molecule has 2 aromatic heterocycles. The third-order valence-electron chi connectivity index (χ3n) is 4.50. The van der Waals surface area contributed by atoms with Gasteiger partial charge in [-0.25, -0.2) is 9.97 Å². The van der Waals surface area contributed by atoms with E-state index in [9.17, 15) is 4.79 Å². The first-order valence-electron chi connectivity index (χ1n) is 9.05. The molecule has 8 nitrogen and oxygen atoms in total. The number of unbranched alkanes of at least 4 members (excludes halogenated alkanes) is 1. The molecular weight excluding hydrogens is 330 g/mol. The van der Waals surface area contributed by atoms with Gasteiger partial charge in [-0.3, -0.25) is 4.79 Å². The zero-order chi connectivity index (χ0) is 18.4. The molecule has 0 aromatic carbocycles. The SMILES string of the molecule is CCCCN(C)C(=O)c1ccc(N2CCN(c3ncccn3)CC2)nn1. The maximum atomic E-state index is 12.3. The van der Waals surface area contributed by atoms with Gasteiger partial charge in [-0.15, -0.1) is 10.2 Å². The van der Waals surface area contributed by atoms with Gasteiger partial charge in [0.05, 0.1) is 0 Å². The normalized spacial score (nSPS) is 14.4. The standard InChI is InChI=1S/C18H25N7O/c1-3-4-10-23(2)17(26)15-6-7-16(22-21-15)24-11-13-25(14-12-24)18-19-8-5-9-20-18/h5-9H,3-4,10-14H2,1-2H3. The van der Waals surface area contributed by atoms with Crippen molar-refractivity contribution in [3.8, 4) is 0 Å². The number of rotatable bonds is 6. The molecule has 138 valence electrons. The lowest BCUT2D eigenvalue weighted by atomic mass is 10.2. The number of aromatic nitrogens is 4. The molecule has 2 aromatic rings. The van der Waals surface area contributed by atoms with Crippen LogP contribution in [0.3, 0.4) is 0 Å². The first-order valence-corrected chi connectivity index (χ1v) is 9.05. The summed E-state index contributed by atoms with van der Waals surface area (Å²) in [5.41, 5.74) is 0.392. The van der Waals surface area contributed by atoms with E-state index in [0.29, 0.717) is 5.69 Å². The highest BCUT2D eigenvalue weighted by molar-refractivity contribution is 5.92. The molecular formula is C18H25N7O. The quantitative estimate of drug-likeness (QED) is 0.776. The maximum Gasteiger partial charge on any atom is 0.274 e. The summed E-state index contributed by atoms with van der Waals surface area (Å²) in [4.78, 5) is 26.9. The molecule has 1 aliphatic heterocycles. The van der Waals surface area contributed by atoms with Crippen LogP contribution in [0.2, 0.25) is 0 Å². The second-order valence-electron chi connectivity index (χ2n) is 6.38. The Balaban J connectivity index is 1.57. The van der Waals surface area contributed by atoms with Crippen LogP contribution in [0.1, 0.15) is 30.3 Å². The van der Waals surface area contributed by atoms with Crippen molar-refractivity contribution in [2.45, 2.75) is 19.8 Å². The number of amides is 1. The molecule has 3 heterocycles. The van der Waals surface area contributed by atoms with Crippen LogP contribution in [0.4, 0.5) is 11.8 Å². The number of hydrogen-bond acceptors (Lipinski definition) is 7. The Bertz CT molecular complexity index is 699. The van der Waals surface area contributed by atoms with Crippen molar-refractivity contribution in [1.29, 1.82) is 0 Å². The molecule has 1 saturated heterocycles. The maximum absolute atomic E-state index is 12.3. The van der Waals surface area contributed by atoms with Gasteiger partial charge in [-0.2, -0.15) is 0 Å². The molecule has 1 fully saturated rings. The summed E-state index contributed by atoms with van der Waals surface area (Å²) in [5.74, 6) is 1.48. The summed E-state index contributed by atoms with van der Waals surface area (Å²) >= 11 is 0. The molecule has 0 atom stereocenters. The highest BCUT2D eigenvalue weighted by Gasteiger charge is 2.21.